The third kappa shape index (κ3) is 5.76. The van der Waals surface area contributed by atoms with Crippen molar-refractivity contribution >= 4 is 18.3 Å². The van der Waals surface area contributed by atoms with E-state index < -0.39 is 0 Å². The Morgan fingerprint density at radius 1 is 1.29 bits per heavy atom. The largest absolute Gasteiger partial charge is 0.341 e. The number of nitrogens with one attached hydrogen (secondary N) is 1. The monoisotopic (exact) mass is 317 g/mol. The number of piperidine rings is 1. The van der Waals surface area contributed by atoms with Crippen molar-refractivity contribution in [3.05, 3.63) is 0 Å². The second-order valence-corrected chi connectivity index (χ2v) is 6.53. The van der Waals surface area contributed by atoms with Gasteiger partial charge in [0.2, 0.25) is 5.91 Å². The van der Waals surface area contributed by atoms with Crippen LogP contribution in [-0.4, -0.2) is 61.5 Å². The molecule has 0 spiro atoms. The van der Waals surface area contributed by atoms with Gasteiger partial charge >= 0.3 is 0 Å². The average molecular weight is 318 g/mol. The van der Waals surface area contributed by atoms with E-state index in [2.05, 4.69) is 29.1 Å². The normalized spacial score (nSPS) is 23.4. The number of nitrogens with zero attached hydrogens (tertiary/aromatic N) is 2. The fourth-order valence-corrected chi connectivity index (χ4v) is 3.41. The highest BCUT2D eigenvalue weighted by molar-refractivity contribution is 5.85. The van der Waals surface area contributed by atoms with Crippen molar-refractivity contribution in [3.8, 4) is 0 Å². The van der Waals surface area contributed by atoms with Crippen molar-refractivity contribution in [1.82, 2.24) is 15.1 Å². The molecule has 124 valence electrons. The Morgan fingerprint density at radius 3 is 2.57 bits per heavy atom. The van der Waals surface area contributed by atoms with E-state index in [0.717, 1.165) is 38.4 Å². The first kappa shape index (κ1) is 18.7. The van der Waals surface area contributed by atoms with E-state index in [4.69, 9.17) is 0 Å². The molecule has 0 aromatic carbocycles. The van der Waals surface area contributed by atoms with Crippen LogP contribution in [-0.2, 0) is 4.79 Å². The summed E-state index contributed by atoms with van der Waals surface area (Å²) in [4.78, 5) is 16.9. The van der Waals surface area contributed by atoms with Crippen LogP contribution in [0.15, 0.2) is 0 Å². The molecule has 0 aliphatic carbocycles. The second-order valence-electron chi connectivity index (χ2n) is 6.53. The zero-order valence-corrected chi connectivity index (χ0v) is 14.5. The summed E-state index contributed by atoms with van der Waals surface area (Å²) >= 11 is 0. The highest BCUT2D eigenvalue weighted by Gasteiger charge is 2.29. The smallest absolute Gasteiger partial charge is 0.239 e. The number of amides is 1. The quantitative estimate of drug-likeness (QED) is 0.815. The Morgan fingerprint density at radius 2 is 2.00 bits per heavy atom. The molecular weight excluding hydrogens is 286 g/mol. The van der Waals surface area contributed by atoms with Crippen molar-refractivity contribution in [2.24, 2.45) is 5.92 Å². The fourth-order valence-electron chi connectivity index (χ4n) is 3.41. The van der Waals surface area contributed by atoms with Crippen LogP contribution in [0.5, 0.6) is 0 Å². The molecule has 0 saturated carbocycles. The Labute approximate surface area is 136 Å². The highest BCUT2D eigenvalue weighted by Crippen LogP contribution is 2.20. The van der Waals surface area contributed by atoms with Crippen LogP contribution in [0, 0.1) is 5.92 Å². The molecule has 2 fully saturated rings. The lowest BCUT2D eigenvalue weighted by Gasteiger charge is -2.35. The molecule has 2 rings (SSSR count). The van der Waals surface area contributed by atoms with Gasteiger partial charge in [-0.1, -0.05) is 13.3 Å². The Kier molecular flexibility index (Phi) is 8.60. The van der Waals surface area contributed by atoms with E-state index >= 15 is 0 Å². The zero-order chi connectivity index (χ0) is 14.4. The number of hydrogen-bond acceptors (Lipinski definition) is 3. The van der Waals surface area contributed by atoms with Gasteiger partial charge in [0.25, 0.3) is 0 Å². The molecule has 0 bridgehead atoms. The third-order valence-electron chi connectivity index (χ3n) is 4.75. The SMILES string of the molecule is CCCCN(C)CC1CCN(C(=O)C2CCCN2)CC1.Cl. The molecule has 0 aromatic rings. The zero-order valence-electron chi connectivity index (χ0n) is 13.6. The summed E-state index contributed by atoms with van der Waals surface area (Å²) < 4.78 is 0. The van der Waals surface area contributed by atoms with Gasteiger partial charge in [-0.25, -0.2) is 0 Å². The lowest BCUT2D eigenvalue weighted by atomic mass is 9.95. The Bertz CT molecular complexity index is 300. The standard InChI is InChI=1S/C16H31N3O.ClH/c1-3-4-10-18(2)13-14-7-11-19(12-8-14)16(20)15-6-5-9-17-15;/h14-15,17H,3-13H2,1-2H3;1H. The lowest BCUT2D eigenvalue weighted by Crippen LogP contribution is -2.47. The lowest BCUT2D eigenvalue weighted by molar-refractivity contribution is -0.134. The summed E-state index contributed by atoms with van der Waals surface area (Å²) in [5, 5.41) is 3.32. The summed E-state index contributed by atoms with van der Waals surface area (Å²) in [6.45, 7) is 7.59. The van der Waals surface area contributed by atoms with Gasteiger partial charge in [-0.2, -0.15) is 0 Å². The molecule has 0 aromatic heterocycles. The topological polar surface area (TPSA) is 35.6 Å². The van der Waals surface area contributed by atoms with Gasteiger partial charge in [0.15, 0.2) is 0 Å². The van der Waals surface area contributed by atoms with Crippen LogP contribution in [0.2, 0.25) is 0 Å². The van der Waals surface area contributed by atoms with E-state index in [-0.39, 0.29) is 18.4 Å². The van der Waals surface area contributed by atoms with Crippen LogP contribution in [0.4, 0.5) is 0 Å². The minimum absolute atomic E-state index is 0. The van der Waals surface area contributed by atoms with Gasteiger partial charge in [-0.05, 0) is 58.2 Å². The maximum atomic E-state index is 12.3. The molecule has 2 saturated heterocycles. The minimum Gasteiger partial charge on any atom is -0.341 e. The number of rotatable bonds is 6. The van der Waals surface area contributed by atoms with E-state index in [1.54, 1.807) is 0 Å². The van der Waals surface area contributed by atoms with E-state index in [1.807, 2.05) is 0 Å². The van der Waals surface area contributed by atoms with Crippen LogP contribution in [0.1, 0.15) is 45.4 Å². The molecule has 1 atom stereocenters. The number of carbonyl (C=O) groups is 1. The van der Waals surface area contributed by atoms with Crippen molar-refractivity contribution < 1.29 is 4.79 Å². The third-order valence-corrected chi connectivity index (χ3v) is 4.75. The molecule has 0 radical (unpaired) electrons. The van der Waals surface area contributed by atoms with Crippen LogP contribution in [0.25, 0.3) is 0 Å². The van der Waals surface area contributed by atoms with Crippen LogP contribution in [0.3, 0.4) is 0 Å². The molecule has 4 nitrogen and oxygen atoms in total. The molecule has 2 aliphatic rings. The number of hydrogen-bond donors (Lipinski definition) is 1. The van der Waals surface area contributed by atoms with Gasteiger partial charge in [0, 0.05) is 19.6 Å². The van der Waals surface area contributed by atoms with Crippen molar-refractivity contribution in [2.45, 2.75) is 51.5 Å². The molecule has 2 aliphatic heterocycles. The van der Waals surface area contributed by atoms with Crippen molar-refractivity contribution in [3.63, 3.8) is 0 Å². The highest BCUT2D eigenvalue weighted by atomic mass is 35.5. The van der Waals surface area contributed by atoms with Gasteiger partial charge in [-0.15, -0.1) is 12.4 Å². The van der Waals surface area contributed by atoms with Gasteiger partial charge in [-0.3, -0.25) is 4.79 Å². The van der Waals surface area contributed by atoms with E-state index in [9.17, 15) is 4.79 Å². The number of unbranched alkanes of at least 4 members (excludes halogenated alkanes) is 1. The van der Waals surface area contributed by atoms with Crippen LogP contribution >= 0.6 is 12.4 Å². The summed E-state index contributed by atoms with van der Waals surface area (Å²) in [7, 11) is 2.23. The van der Waals surface area contributed by atoms with E-state index in [0.29, 0.717) is 5.91 Å². The van der Waals surface area contributed by atoms with Crippen LogP contribution < -0.4 is 5.32 Å². The van der Waals surface area contributed by atoms with Gasteiger partial charge in [0.05, 0.1) is 6.04 Å². The molecule has 1 unspecified atom stereocenters. The first-order valence-electron chi connectivity index (χ1n) is 8.41. The Balaban J connectivity index is 0.00000220. The number of likely N-dealkylation sites (tertiary alicyclic amines) is 1. The first-order chi connectivity index (χ1) is 9.70. The predicted molar refractivity (Wildman–Crippen MR) is 90.0 cm³/mol. The number of carbonyl (C=O) groups excluding carboxylic acids is 1. The average Bonchev–Trinajstić information content (AvgIpc) is 2.99. The predicted octanol–water partition coefficient (Wildman–Crippen LogP) is 2.13. The molecule has 5 heteroatoms. The van der Waals surface area contributed by atoms with Crippen molar-refractivity contribution in [2.75, 3.05) is 39.8 Å². The van der Waals surface area contributed by atoms with Crippen molar-refractivity contribution in [1.29, 1.82) is 0 Å². The Hall–Kier alpha value is -0.320. The molecular formula is C16H32ClN3O. The maximum Gasteiger partial charge on any atom is 0.239 e. The first-order valence-corrected chi connectivity index (χ1v) is 8.41. The molecule has 1 N–H and O–H groups in total. The summed E-state index contributed by atoms with van der Waals surface area (Å²) in [5.41, 5.74) is 0. The number of halogens is 1. The minimum atomic E-state index is 0. The second kappa shape index (κ2) is 9.65. The molecule has 1 amide bonds. The molecule has 2 heterocycles. The van der Waals surface area contributed by atoms with E-state index in [1.165, 1.54) is 38.8 Å². The fraction of sp³-hybridized carbons (Fsp3) is 0.938. The summed E-state index contributed by atoms with van der Waals surface area (Å²) in [6.07, 6.45) is 7.09. The molecule has 21 heavy (non-hydrogen) atoms. The van der Waals surface area contributed by atoms with Gasteiger partial charge < -0.3 is 15.1 Å². The maximum absolute atomic E-state index is 12.3. The van der Waals surface area contributed by atoms with Gasteiger partial charge in [0.1, 0.15) is 0 Å². The summed E-state index contributed by atoms with van der Waals surface area (Å²) in [5.74, 6) is 1.12. The summed E-state index contributed by atoms with van der Waals surface area (Å²) in [6, 6.07) is 0.110.